The van der Waals surface area contributed by atoms with Gasteiger partial charge in [-0.15, -0.1) is 0 Å². The summed E-state index contributed by atoms with van der Waals surface area (Å²) in [5, 5.41) is 13.8. The third-order valence-electron chi connectivity index (χ3n) is 2.94. The third-order valence-corrected chi connectivity index (χ3v) is 2.94. The summed E-state index contributed by atoms with van der Waals surface area (Å²) in [5.74, 6) is 0.502. The molecule has 7 nitrogen and oxygen atoms in total. The van der Waals surface area contributed by atoms with Crippen LogP contribution >= 0.6 is 0 Å². The van der Waals surface area contributed by atoms with Crippen molar-refractivity contribution in [2.24, 2.45) is 0 Å². The fourth-order valence-electron chi connectivity index (χ4n) is 2.04. The second-order valence-electron chi connectivity index (χ2n) is 4.41. The monoisotopic (exact) mass is 252 g/mol. The summed E-state index contributed by atoms with van der Waals surface area (Å²) in [6.45, 7) is 2.73. The number of nitrogens with one attached hydrogen (secondary N) is 1. The van der Waals surface area contributed by atoms with Crippen LogP contribution in [-0.4, -0.2) is 28.7 Å². The Bertz CT molecular complexity index is 452. The van der Waals surface area contributed by atoms with Crippen LogP contribution < -0.4 is 11.1 Å². The lowest BCUT2D eigenvalue weighted by Crippen LogP contribution is -2.32. The average Bonchev–Trinajstić information content (AvgIpc) is 2.28. The molecule has 7 heteroatoms. The Kier molecular flexibility index (Phi) is 3.61. The van der Waals surface area contributed by atoms with Crippen molar-refractivity contribution in [1.82, 2.24) is 4.98 Å². The molecule has 0 spiro atoms. The topological polar surface area (TPSA) is 103 Å². The maximum atomic E-state index is 10.6. The van der Waals surface area contributed by atoms with Crippen LogP contribution in [0.1, 0.15) is 19.8 Å². The summed E-state index contributed by atoms with van der Waals surface area (Å²) >= 11 is 0. The van der Waals surface area contributed by atoms with E-state index in [0.29, 0.717) is 12.4 Å². The van der Waals surface area contributed by atoms with Gasteiger partial charge in [0, 0.05) is 18.7 Å². The lowest BCUT2D eigenvalue weighted by atomic mass is 10.0. The van der Waals surface area contributed by atoms with Gasteiger partial charge in [-0.3, -0.25) is 10.1 Å². The first-order valence-corrected chi connectivity index (χ1v) is 5.85. The molecule has 0 saturated carbocycles. The standard InChI is InChI=1S/C11H16N4O3/c1-7-6-8(4-5-18-7)13-10-3-2-9(15(16)17)11(12)14-10/h2-3,7-8H,4-6H2,1H3,(H3,12,13,14). The van der Waals surface area contributed by atoms with E-state index in [1.165, 1.54) is 6.07 Å². The first-order valence-electron chi connectivity index (χ1n) is 5.85. The quantitative estimate of drug-likeness (QED) is 0.625. The molecule has 1 saturated heterocycles. The second kappa shape index (κ2) is 5.18. The van der Waals surface area contributed by atoms with Crippen molar-refractivity contribution < 1.29 is 9.66 Å². The second-order valence-corrected chi connectivity index (χ2v) is 4.41. The first kappa shape index (κ1) is 12.6. The number of anilines is 2. The molecule has 1 aliphatic heterocycles. The van der Waals surface area contributed by atoms with Gasteiger partial charge in [0.2, 0.25) is 5.82 Å². The zero-order valence-electron chi connectivity index (χ0n) is 10.1. The van der Waals surface area contributed by atoms with Crippen molar-refractivity contribution in [3.63, 3.8) is 0 Å². The van der Waals surface area contributed by atoms with Gasteiger partial charge in [0.25, 0.3) is 0 Å². The van der Waals surface area contributed by atoms with Crippen LogP contribution in [0.15, 0.2) is 12.1 Å². The zero-order valence-corrected chi connectivity index (χ0v) is 10.1. The SMILES string of the molecule is CC1CC(Nc2ccc([N+](=O)[O-])c(N)n2)CCO1. The molecule has 2 atom stereocenters. The van der Waals surface area contributed by atoms with Crippen LogP contribution in [0.2, 0.25) is 0 Å². The molecule has 1 aromatic heterocycles. The van der Waals surface area contributed by atoms with Crippen LogP contribution in [0.5, 0.6) is 0 Å². The normalized spacial score (nSPS) is 23.6. The highest BCUT2D eigenvalue weighted by molar-refractivity contribution is 5.57. The molecule has 0 amide bonds. The summed E-state index contributed by atoms with van der Waals surface area (Å²) in [6.07, 6.45) is 1.99. The maximum absolute atomic E-state index is 10.6. The van der Waals surface area contributed by atoms with E-state index in [2.05, 4.69) is 10.3 Å². The minimum absolute atomic E-state index is 0.0647. The van der Waals surface area contributed by atoms with Crippen molar-refractivity contribution in [3.8, 4) is 0 Å². The van der Waals surface area contributed by atoms with Crippen LogP contribution in [0, 0.1) is 10.1 Å². The largest absolute Gasteiger partial charge is 0.378 e. The fraction of sp³-hybridized carbons (Fsp3) is 0.545. The van der Waals surface area contributed by atoms with Gasteiger partial charge in [-0.25, -0.2) is 4.98 Å². The number of nitro groups is 1. The Labute approximate surface area is 104 Å². The van der Waals surface area contributed by atoms with E-state index in [4.69, 9.17) is 10.5 Å². The molecule has 0 bridgehead atoms. The molecule has 2 unspecified atom stereocenters. The number of pyridine rings is 1. The summed E-state index contributed by atoms with van der Waals surface area (Å²) in [6, 6.07) is 3.21. The summed E-state index contributed by atoms with van der Waals surface area (Å²) in [7, 11) is 0. The molecule has 98 valence electrons. The molecule has 1 fully saturated rings. The Balaban J connectivity index is 2.05. The Morgan fingerprint density at radius 1 is 1.61 bits per heavy atom. The lowest BCUT2D eigenvalue weighted by Gasteiger charge is -2.28. The maximum Gasteiger partial charge on any atom is 0.311 e. The Hall–Kier alpha value is -1.89. The predicted molar refractivity (Wildman–Crippen MR) is 67.4 cm³/mol. The molecule has 2 heterocycles. The molecule has 0 radical (unpaired) electrons. The molecule has 0 aromatic carbocycles. The van der Waals surface area contributed by atoms with Gasteiger partial charge in [-0.1, -0.05) is 0 Å². The summed E-state index contributed by atoms with van der Waals surface area (Å²) in [5.41, 5.74) is 5.37. The number of rotatable bonds is 3. The highest BCUT2D eigenvalue weighted by atomic mass is 16.6. The van der Waals surface area contributed by atoms with Crippen LogP contribution in [0.25, 0.3) is 0 Å². The minimum Gasteiger partial charge on any atom is -0.378 e. The van der Waals surface area contributed by atoms with Crippen molar-refractivity contribution >= 4 is 17.3 Å². The van der Waals surface area contributed by atoms with Gasteiger partial charge in [0.1, 0.15) is 5.82 Å². The highest BCUT2D eigenvalue weighted by Gasteiger charge is 2.20. The van der Waals surface area contributed by atoms with Gasteiger partial charge >= 0.3 is 5.69 Å². The molecule has 2 rings (SSSR count). The number of hydrogen-bond acceptors (Lipinski definition) is 6. The first-order chi connectivity index (χ1) is 8.56. The van der Waals surface area contributed by atoms with Gasteiger partial charge in [0.15, 0.2) is 0 Å². The van der Waals surface area contributed by atoms with E-state index >= 15 is 0 Å². The van der Waals surface area contributed by atoms with E-state index in [-0.39, 0.29) is 23.7 Å². The molecule has 0 aliphatic carbocycles. The van der Waals surface area contributed by atoms with Crippen LogP contribution in [-0.2, 0) is 4.74 Å². The summed E-state index contributed by atoms with van der Waals surface area (Å²) < 4.78 is 5.45. The molecule has 1 aliphatic rings. The van der Waals surface area contributed by atoms with Crippen molar-refractivity contribution in [2.75, 3.05) is 17.7 Å². The van der Waals surface area contributed by atoms with E-state index in [1.54, 1.807) is 6.07 Å². The number of nitrogen functional groups attached to an aromatic ring is 1. The predicted octanol–water partition coefficient (Wildman–Crippen LogP) is 1.55. The lowest BCUT2D eigenvalue weighted by molar-refractivity contribution is -0.384. The van der Waals surface area contributed by atoms with E-state index in [9.17, 15) is 10.1 Å². The van der Waals surface area contributed by atoms with Crippen molar-refractivity contribution in [1.29, 1.82) is 0 Å². The summed E-state index contributed by atoms with van der Waals surface area (Å²) in [4.78, 5) is 14.1. The fourth-order valence-corrected chi connectivity index (χ4v) is 2.04. The van der Waals surface area contributed by atoms with E-state index in [1.807, 2.05) is 6.92 Å². The highest BCUT2D eigenvalue weighted by Crippen LogP contribution is 2.23. The van der Waals surface area contributed by atoms with Gasteiger partial charge in [0.05, 0.1) is 11.0 Å². The zero-order chi connectivity index (χ0) is 13.1. The number of ether oxygens (including phenoxy) is 1. The van der Waals surface area contributed by atoms with E-state index in [0.717, 1.165) is 12.8 Å². The van der Waals surface area contributed by atoms with Gasteiger partial charge in [-0.05, 0) is 25.8 Å². The van der Waals surface area contributed by atoms with E-state index < -0.39 is 4.92 Å². The average molecular weight is 252 g/mol. The molecule has 3 N–H and O–H groups in total. The van der Waals surface area contributed by atoms with Crippen molar-refractivity contribution in [2.45, 2.75) is 31.9 Å². The number of hydrogen-bond donors (Lipinski definition) is 2. The molecule has 18 heavy (non-hydrogen) atoms. The minimum atomic E-state index is -0.539. The van der Waals surface area contributed by atoms with Crippen molar-refractivity contribution in [3.05, 3.63) is 22.2 Å². The number of aromatic nitrogens is 1. The van der Waals surface area contributed by atoms with Crippen LogP contribution in [0.3, 0.4) is 0 Å². The number of nitrogens with two attached hydrogens (primary N) is 1. The Morgan fingerprint density at radius 3 is 3.00 bits per heavy atom. The smallest absolute Gasteiger partial charge is 0.311 e. The molecular formula is C11H16N4O3. The Morgan fingerprint density at radius 2 is 2.39 bits per heavy atom. The van der Waals surface area contributed by atoms with Gasteiger partial charge in [-0.2, -0.15) is 0 Å². The molecule has 1 aromatic rings. The third kappa shape index (κ3) is 2.86. The molecular weight excluding hydrogens is 236 g/mol. The van der Waals surface area contributed by atoms with Gasteiger partial charge < -0.3 is 15.8 Å². The van der Waals surface area contributed by atoms with Crippen LogP contribution in [0.4, 0.5) is 17.3 Å². The number of nitrogens with zero attached hydrogens (tertiary/aromatic N) is 2.